The van der Waals surface area contributed by atoms with Crippen molar-refractivity contribution in [3.8, 4) is 0 Å². The van der Waals surface area contributed by atoms with E-state index in [1.165, 1.54) is 37.0 Å². The van der Waals surface area contributed by atoms with Crippen LogP contribution in [0, 0.1) is 0 Å². The molecule has 1 heterocycles. The predicted molar refractivity (Wildman–Crippen MR) is 94.9 cm³/mol. The second kappa shape index (κ2) is 8.53. The molecule has 0 spiro atoms. The molecule has 0 saturated heterocycles. The third-order valence-electron chi connectivity index (χ3n) is 4.47. The molecule has 1 unspecified atom stereocenters. The summed E-state index contributed by atoms with van der Waals surface area (Å²) in [5.74, 6) is 0.867. The van der Waals surface area contributed by atoms with Crippen molar-refractivity contribution in [1.29, 1.82) is 0 Å². The molecule has 0 radical (unpaired) electrons. The minimum Gasteiger partial charge on any atom is -0.383 e. The van der Waals surface area contributed by atoms with Crippen molar-refractivity contribution >= 4 is 17.3 Å². The highest BCUT2D eigenvalue weighted by atomic mass is 32.1. The molecular formula is C17H29N3OS. The lowest BCUT2D eigenvalue weighted by molar-refractivity contribution is 0.178. The van der Waals surface area contributed by atoms with Crippen LogP contribution in [0.15, 0.2) is 22.5 Å². The van der Waals surface area contributed by atoms with Crippen LogP contribution in [0.4, 0.5) is 0 Å². The number of methoxy groups -OCH3 is 1. The van der Waals surface area contributed by atoms with Gasteiger partial charge in [-0.2, -0.15) is 0 Å². The number of nitrogens with one attached hydrogen (secondary N) is 2. The Morgan fingerprint density at radius 3 is 2.77 bits per heavy atom. The lowest BCUT2D eigenvalue weighted by Crippen LogP contribution is -2.49. The van der Waals surface area contributed by atoms with Crippen LogP contribution in [0.1, 0.15) is 43.9 Å². The molecule has 22 heavy (non-hydrogen) atoms. The first kappa shape index (κ1) is 17.3. The van der Waals surface area contributed by atoms with E-state index in [-0.39, 0.29) is 11.5 Å². The van der Waals surface area contributed by atoms with Gasteiger partial charge in [0.15, 0.2) is 5.96 Å². The summed E-state index contributed by atoms with van der Waals surface area (Å²) >= 11 is 1.89. The molecule has 1 aliphatic carbocycles. The smallest absolute Gasteiger partial charge is 0.191 e. The standard InChI is InChI=1S/C17H29N3OS/c1-14(12-21-3)20-16(18-2)19-13-17(9-5-4-6-10-17)15-8-7-11-22-15/h7-8,11,14H,4-6,9-10,12-13H2,1-3H3,(H2,18,19,20). The molecule has 124 valence electrons. The van der Waals surface area contributed by atoms with Crippen LogP contribution < -0.4 is 10.6 Å². The van der Waals surface area contributed by atoms with E-state index < -0.39 is 0 Å². The molecule has 0 bridgehead atoms. The fraction of sp³-hybridized carbons (Fsp3) is 0.706. The highest BCUT2D eigenvalue weighted by Gasteiger charge is 2.34. The van der Waals surface area contributed by atoms with E-state index in [2.05, 4.69) is 40.1 Å². The normalized spacial score (nSPS) is 19.7. The number of ether oxygens (including phenoxy) is 1. The van der Waals surface area contributed by atoms with Gasteiger partial charge in [-0.3, -0.25) is 4.99 Å². The lowest BCUT2D eigenvalue weighted by atomic mass is 9.73. The predicted octanol–water partition coefficient (Wildman–Crippen LogP) is 3.15. The molecular weight excluding hydrogens is 294 g/mol. The van der Waals surface area contributed by atoms with Crippen LogP contribution in [0.25, 0.3) is 0 Å². The molecule has 0 amide bonds. The zero-order chi connectivity index (χ0) is 15.8. The van der Waals surface area contributed by atoms with E-state index >= 15 is 0 Å². The quantitative estimate of drug-likeness (QED) is 0.624. The first-order chi connectivity index (χ1) is 10.7. The molecule has 0 aromatic carbocycles. The summed E-state index contributed by atoms with van der Waals surface area (Å²) < 4.78 is 5.18. The molecule has 1 aromatic rings. The summed E-state index contributed by atoms with van der Waals surface area (Å²) in [4.78, 5) is 5.86. The van der Waals surface area contributed by atoms with Gasteiger partial charge in [-0.15, -0.1) is 11.3 Å². The molecule has 4 nitrogen and oxygen atoms in total. The van der Waals surface area contributed by atoms with Crippen molar-refractivity contribution in [1.82, 2.24) is 10.6 Å². The van der Waals surface area contributed by atoms with Gasteiger partial charge in [-0.05, 0) is 31.2 Å². The summed E-state index contributed by atoms with van der Waals surface area (Å²) in [7, 11) is 3.55. The van der Waals surface area contributed by atoms with E-state index in [0.717, 1.165) is 12.5 Å². The van der Waals surface area contributed by atoms with Crippen molar-refractivity contribution in [3.63, 3.8) is 0 Å². The van der Waals surface area contributed by atoms with Crippen molar-refractivity contribution in [2.75, 3.05) is 27.3 Å². The minimum atomic E-state index is 0.250. The van der Waals surface area contributed by atoms with Crippen molar-refractivity contribution in [2.45, 2.75) is 50.5 Å². The van der Waals surface area contributed by atoms with Gasteiger partial charge in [0.2, 0.25) is 0 Å². The summed E-state index contributed by atoms with van der Waals surface area (Å²) in [5.41, 5.74) is 0.272. The molecule has 1 saturated carbocycles. The van der Waals surface area contributed by atoms with Gasteiger partial charge >= 0.3 is 0 Å². The van der Waals surface area contributed by atoms with Gasteiger partial charge in [-0.25, -0.2) is 0 Å². The Kier molecular flexibility index (Phi) is 6.70. The molecule has 2 N–H and O–H groups in total. The number of guanidine groups is 1. The van der Waals surface area contributed by atoms with Gasteiger partial charge in [0.1, 0.15) is 0 Å². The zero-order valence-corrected chi connectivity index (χ0v) is 14.8. The number of thiophene rings is 1. The molecule has 1 aromatic heterocycles. The minimum absolute atomic E-state index is 0.250. The number of aliphatic imine (C=N–C) groups is 1. The highest BCUT2D eigenvalue weighted by molar-refractivity contribution is 7.10. The van der Waals surface area contributed by atoms with Gasteiger partial charge < -0.3 is 15.4 Å². The van der Waals surface area contributed by atoms with Crippen molar-refractivity contribution < 1.29 is 4.74 Å². The Labute approximate surface area is 138 Å². The number of nitrogens with zero attached hydrogens (tertiary/aromatic N) is 1. The summed E-state index contributed by atoms with van der Waals surface area (Å²) in [6.45, 7) is 3.73. The van der Waals surface area contributed by atoms with Crippen LogP contribution in [0.5, 0.6) is 0 Å². The third-order valence-corrected chi connectivity index (χ3v) is 5.59. The molecule has 1 atom stereocenters. The number of hydrogen-bond acceptors (Lipinski definition) is 3. The molecule has 1 fully saturated rings. The fourth-order valence-corrected chi connectivity index (χ4v) is 4.28. The van der Waals surface area contributed by atoms with Crippen LogP contribution in [-0.4, -0.2) is 39.3 Å². The molecule has 0 aliphatic heterocycles. The second-order valence-electron chi connectivity index (χ2n) is 6.24. The maximum atomic E-state index is 5.18. The zero-order valence-electron chi connectivity index (χ0n) is 14.0. The van der Waals surface area contributed by atoms with Crippen LogP contribution in [-0.2, 0) is 10.2 Å². The third kappa shape index (κ3) is 4.46. The van der Waals surface area contributed by atoms with E-state index in [1.807, 2.05) is 18.4 Å². The molecule has 2 rings (SSSR count). The summed E-state index contributed by atoms with van der Waals surface area (Å²) in [6.07, 6.45) is 6.55. The topological polar surface area (TPSA) is 45.7 Å². The second-order valence-corrected chi connectivity index (χ2v) is 7.19. The Morgan fingerprint density at radius 2 is 2.18 bits per heavy atom. The van der Waals surface area contributed by atoms with E-state index in [0.29, 0.717) is 6.61 Å². The number of hydrogen-bond donors (Lipinski definition) is 2. The van der Waals surface area contributed by atoms with Crippen molar-refractivity contribution in [2.24, 2.45) is 4.99 Å². The Hall–Kier alpha value is -1.07. The molecule has 5 heteroatoms. The average Bonchev–Trinajstić information content (AvgIpc) is 3.07. The van der Waals surface area contributed by atoms with Crippen molar-refractivity contribution in [3.05, 3.63) is 22.4 Å². The maximum Gasteiger partial charge on any atom is 0.191 e. The van der Waals surface area contributed by atoms with Crippen LogP contribution in [0.3, 0.4) is 0 Å². The highest BCUT2D eigenvalue weighted by Crippen LogP contribution is 2.41. The largest absolute Gasteiger partial charge is 0.383 e. The van der Waals surface area contributed by atoms with Gasteiger partial charge in [0.05, 0.1) is 6.61 Å². The van der Waals surface area contributed by atoms with E-state index in [9.17, 15) is 0 Å². The summed E-state index contributed by atoms with van der Waals surface area (Å²) in [5, 5.41) is 9.13. The Morgan fingerprint density at radius 1 is 1.41 bits per heavy atom. The fourth-order valence-electron chi connectivity index (χ4n) is 3.29. The number of rotatable bonds is 6. The summed E-state index contributed by atoms with van der Waals surface area (Å²) in [6, 6.07) is 4.71. The SMILES string of the molecule is CN=C(NCC1(c2cccs2)CCCCC1)NC(C)COC. The monoisotopic (exact) mass is 323 g/mol. The van der Waals surface area contributed by atoms with Gasteiger partial charge in [0.25, 0.3) is 0 Å². The Balaban J connectivity index is 1.99. The first-order valence-electron chi connectivity index (χ1n) is 8.20. The molecule has 1 aliphatic rings. The average molecular weight is 324 g/mol. The first-order valence-corrected chi connectivity index (χ1v) is 9.08. The Bertz CT molecular complexity index is 452. The lowest BCUT2D eigenvalue weighted by Gasteiger charge is -2.37. The maximum absolute atomic E-state index is 5.18. The van der Waals surface area contributed by atoms with Crippen LogP contribution >= 0.6 is 11.3 Å². The van der Waals surface area contributed by atoms with Gasteiger partial charge in [-0.1, -0.05) is 25.3 Å². The van der Waals surface area contributed by atoms with Crippen LogP contribution in [0.2, 0.25) is 0 Å². The van der Waals surface area contributed by atoms with E-state index in [1.54, 1.807) is 7.11 Å². The van der Waals surface area contributed by atoms with E-state index in [4.69, 9.17) is 4.74 Å². The van der Waals surface area contributed by atoms with Gasteiger partial charge in [0, 0.05) is 37.0 Å².